The molecule has 0 bridgehead atoms. The van der Waals surface area contributed by atoms with Crippen LogP contribution in [-0.2, 0) is 11.8 Å². The van der Waals surface area contributed by atoms with E-state index < -0.39 is 16.9 Å². The molecular formula is C12H18N4O4. The summed E-state index contributed by atoms with van der Waals surface area (Å²) in [5.74, 6) is -0.756. The number of carboxylic acid groups (broad SMARTS) is 1. The molecule has 0 spiro atoms. The van der Waals surface area contributed by atoms with Crippen molar-refractivity contribution in [1.82, 2.24) is 9.78 Å². The first-order chi connectivity index (χ1) is 9.34. The van der Waals surface area contributed by atoms with Gasteiger partial charge in [0.15, 0.2) is 0 Å². The minimum Gasteiger partial charge on any atom is -0.480 e. The molecule has 0 radical (unpaired) electrons. The van der Waals surface area contributed by atoms with E-state index in [2.05, 4.69) is 5.10 Å². The Hall–Kier alpha value is -2.12. The maximum atomic E-state index is 11.4. The fourth-order valence-electron chi connectivity index (χ4n) is 2.69. The maximum absolute atomic E-state index is 11.4. The second-order valence-electron chi connectivity index (χ2n) is 5.28. The largest absolute Gasteiger partial charge is 0.480 e. The quantitative estimate of drug-likeness (QED) is 0.663. The zero-order valence-electron chi connectivity index (χ0n) is 11.7. The Labute approximate surface area is 116 Å². The molecule has 1 N–H and O–H groups in total. The average molecular weight is 282 g/mol. The molecule has 110 valence electrons. The molecule has 8 heteroatoms. The highest BCUT2D eigenvalue weighted by molar-refractivity contribution is 5.80. The molecule has 1 aliphatic rings. The lowest BCUT2D eigenvalue weighted by Crippen LogP contribution is -2.37. The van der Waals surface area contributed by atoms with Gasteiger partial charge in [-0.2, -0.15) is 5.10 Å². The van der Waals surface area contributed by atoms with Crippen LogP contribution in [0.1, 0.15) is 38.3 Å². The third kappa shape index (κ3) is 2.21. The minimum atomic E-state index is -0.955. The van der Waals surface area contributed by atoms with E-state index in [1.807, 2.05) is 13.8 Å². The Morgan fingerprint density at radius 2 is 2.20 bits per heavy atom. The van der Waals surface area contributed by atoms with Crippen LogP contribution in [0.2, 0.25) is 0 Å². The number of hydrogen-bond donors (Lipinski definition) is 1. The predicted octanol–water partition coefficient (Wildman–Crippen LogP) is 1.51. The van der Waals surface area contributed by atoms with E-state index in [1.165, 1.54) is 4.68 Å². The lowest BCUT2D eigenvalue weighted by Gasteiger charge is -2.22. The normalized spacial score (nSPS) is 18.8. The van der Waals surface area contributed by atoms with Gasteiger partial charge >= 0.3 is 11.7 Å². The summed E-state index contributed by atoms with van der Waals surface area (Å²) in [7, 11) is 1.62. The molecule has 0 aliphatic carbocycles. The molecule has 2 heterocycles. The molecule has 1 aromatic rings. The summed E-state index contributed by atoms with van der Waals surface area (Å²) in [5.41, 5.74) is 0.319. The SMILES string of the molecule is CC(C)c1nn(C)c(N2CCCC2C(=O)O)c1[N+](=O)[O-]. The molecule has 0 aromatic carbocycles. The Morgan fingerprint density at radius 3 is 2.70 bits per heavy atom. The van der Waals surface area contributed by atoms with Gasteiger partial charge in [0.05, 0.1) is 4.92 Å². The van der Waals surface area contributed by atoms with Crippen LogP contribution >= 0.6 is 0 Å². The molecular weight excluding hydrogens is 264 g/mol. The molecule has 8 nitrogen and oxygen atoms in total. The van der Waals surface area contributed by atoms with Gasteiger partial charge in [-0.25, -0.2) is 9.48 Å². The number of aliphatic carboxylic acids is 1. The minimum absolute atomic E-state index is 0.0735. The summed E-state index contributed by atoms with van der Waals surface area (Å²) in [6.45, 7) is 4.16. The van der Waals surface area contributed by atoms with Gasteiger partial charge in [0.25, 0.3) is 0 Å². The van der Waals surface area contributed by atoms with Crippen molar-refractivity contribution in [2.75, 3.05) is 11.4 Å². The van der Waals surface area contributed by atoms with E-state index in [-0.39, 0.29) is 11.6 Å². The number of nitrogens with zero attached hydrogens (tertiary/aromatic N) is 4. The van der Waals surface area contributed by atoms with E-state index in [0.29, 0.717) is 30.9 Å². The highest BCUT2D eigenvalue weighted by atomic mass is 16.6. The van der Waals surface area contributed by atoms with Gasteiger partial charge in [-0.3, -0.25) is 10.1 Å². The van der Waals surface area contributed by atoms with Crippen molar-refractivity contribution >= 4 is 17.5 Å². The highest BCUT2D eigenvalue weighted by Gasteiger charge is 2.39. The monoisotopic (exact) mass is 282 g/mol. The molecule has 20 heavy (non-hydrogen) atoms. The summed E-state index contributed by atoms with van der Waals surface area (Å²) in [6, 6.07) is -0.718. The summed E-state index contributed by atoms with van der Waals surface area (Å²) < 4.78 is 1.43. The molecule has 1 atom stereocenters. The number of aromatic nitrogens is 2. The standard InChI is InChI=1S/C12H18N4O4/c1-7(2)9-10(16(19)20)11(14(3)13-9)15-6-4-5-8(15)12(17)18/h7-8H,4-6H2,1-3H3,(H,17,18). The summed E-state index contributed by atoms with van der Waals surface area (Å²) >= 11 is 0. The van der Waals surface area contributed by atoms with E-state index in [4.69, 9.17) is 0 Å². The molecule has 0 saturated carbocycles. The van der Waals surface area contributed by atoms with Crippen LogP contribution in [0.3, 0.4) is 0 Å². The number of hydrogen-bond acceptors (Lipinski definition) is 5. The topological polar surface area (TPSA) is 102 Å². The van der Waals surface area contributed by atoms with Crippen molar-refractivity contribution in [2.24, 2.45) is 7.05 Å². The van der Waals surface area contributed by atoms with Crippen LogP contribution < -0.4 is 4.90 Å². The van der Waals surface area contributed by atoms with Crippen LogP contribution in [0.15, 0.2) is 0 Å². The molecule has 1 aromatic heterocycles. The average Bonchev–Trinajstić information content (AvgIpc) is 2.91. The van der Waals surface area contributed by atoms with Gasteiger partial charge in [-0.1, -0.05) is 13.8 Å². The van der Waals surface area contributed by atoms with E-state index in [1.54, 1.807) is 11.9 Å². The lowest BCUT2D eigenvalue weighted by atomic mass is 10.1. The number of aryl methyl sites for hydroxylation is 1. The van der Waals surface area contributed by atoms with Crippen molar-refractivity contribution in [1.29, 1.82) is 0 Å². The first-order valence-electron chi connectivity index (χ1n) is 6.55. The van der Waals surface area contributed by atoms with Crippen LogP contribution in [0.5, 0.6) is 0 Å². The molecule has 1 unspecified atom stereocenters. The first kappa shape index (κ1) is 14.3. The highest BCUT2D eigenvalue weighted by Crippen LogP contribution is 2.38. The van der Waals surface area contributed by atoms with Crippen LogP contribution in [-0.4, -0.2) is 38.4 Å². The van der Waals surface area contributed by atoms with Gasteiger partial charge in [0, 0.05) is 19.5 Å². The summed E-state index contributed by atoms with van der Waals surface area (Å²) in [5, 5.41) is 24.8. The van der Waals surface area contributed by atoms with E-state index in [9.17, 15) is 20.0 Å². The molecule has 1 aliphatic heterocycles. The number of anilines is 1. The molecule has 2 rings (SSSR count). The zero-order valence-corrected chi connectivity index (χ0v) is 11.7. The second kappa shape index (κ2) is 5.10. The predicted molar refractivity (Wildman–Crippen MR) is 72.0 cm³/mol. The lowest BCUT2D eigenvalue weighted by molar-refractivity contribution is -0.385. The summed E-state index contributed by atoms with van der Waals surface area (Å²) in [4.78, 5) is 23.8. The number of carbonyl (C=O) groups is 1. The van der Waals surface area contributed by atoms with Gasteiger partial charge in [0.1, 0.15) is 11.7 Å². The van der Waals surface area contributed by atoms with Crippen molar-refractivity contribution in [3.05, 3.63) is 15.8 Å². The van der Waals surface area contributed by atoms with Crippen LogP contribution in [0.4, 0.5) is 11.5 Å². The van der Waals surface area contributed by atoms with Gasteiger partial charge in [-0.15, -0.1) is 0 Å². The fraction of sp³-hybridized carbons (Fsp3) is 0.667. The summed E-state index contributed by atoms with van der Waals surface area (Å²) in [6.07, 6.45) is 1.20. The Balaban J connectivity index is 2.56. The number of carboxylic acids is 1. The van der Waals surface area contributed by atoms with Crippen molar-refractivity contribution in [3.63, 3.8) is 0 Å². The Morgan fingerprint density at radius 1 is 1.55 bits per heavy atom. The second-order valence-corrected chi connectivity index (χ2v) is 5.28. The van der Waals surface area contributed by atoms with Gasteiger partial charge < -0.3 is 10.0 Å². The first-order valence-corrected chi connectivity index (χ1v) is 6.55. The number of nitro groups is 1. The van der Waals surface area contributed by atoms with Crippen molar-refractivity contribution < 1.29 is 14.8 Å². The maximum Gasteiger partial charge on any atom is 0.334 e. The Kier molecular flexibility index (Phi) is 3.65. The zero-order chi connectivity index (χ0) is 15.0. The molecule has 1 fully saturated rings. The third-order valence-electron chi connectivity index (χ3n) is 3.56. The Bertz CT molecular complexity index is 552. The smallest absolute Gasteiger partial charge is 0.334 e. The molecule has 0 amide bonds. The van der Waals surface area contributed by atoms with Gasteiger partial charge in [-0.05, 0) is 12.8 Å². The fourth-order valence-corrected chi connectivity index (χ4v) is 2.69. The van der Waals surface area contributed by atoms with E-state index >= 15 is 0 Å². The van der Waals surface area contributed by atoms with Gasteiger partial charge in [0.2, 0.25) is 5.82 Å². The number of rotatable bonds is 4. The van der Waals surface area contributed by atoms with Crippen molar-refractivity contribution in [2.45, 2.75) is 38.6 Å². The van der Waals surface area contributed by atoms with E-state index in [0.717, 1.165) is 0 Å². The third-order valence-corrected chi connectivity index (χ3v) is 3.56. The van der Waals surface area contributed by atoms with Crippen molar-refractivity contribution in [3.8, 4) is 0 Å². The van der Waals surface area contributed by atoms with Crippen LogP contribution in [0, 0.1) is 10.1 Å². The van der Waals surface area contributed by atoms with Crippen LogP contribution in [0.25, 0.3) is 0 Å². The molecule has 1 saturated heterocycles.